The number of sulfone groups is 1. The van der Waals surface area contributed by atoms with Crippen molar-refractivity contribution < 1.29 is 22.4 Å². The fourth-order valence-electron chi connectivity index (χ4n) is 4.49. The number of amides is 1. The fourth-order valence-corrected chi connectivity index (χ4v) is 6.22. The summed E-state index contributed by atoms with van der Waals surface area (Å²) in [6.07, 6.45) is 6.03. The molecule has 0 saturated carbocycles. The maximum Gasteiger partial charge on any atom is 0.254 e. The van der Waals surface area contributed by atoms with Gasteiger partial charge in [0.05, 0.1) is 24.7 Å². The number of rotatable bonds is 9. The number of unbranched alkanes of at least 4 members (excludes halogenated alkanes) is 1. The number of benzene rings is 1. The molecule has 1 atom stereocenters. The van der Waals surface area contributed by atoms with Crippen LogP contribution in [0.1, 0.15) is 61.6 Å². The average molecular weight is 475 g/mol. The highest BCUT2D eigenvalue weighted by molar-refractivity contribution is 7.91. The van der Waals surface area contributed by atoms with Gasteiger partial charge in [0.25, 0.3) is 5.91 Å². The van der Waals surface area contributed by atoms with Gasteiger partial charge in [-0.2, -0.15) is 0 Å². The van der Waals surface area contributed by atoms with Gasteiger partial charge >= 0.3 is 0 Å². The molecule has 0 bridgehead atoms. The summed E-state index contributed by atoms with van der Waals surface area (Å²) in [6.45, 7) is 4.96. The lowest BCUT2D eigenvalue weighted by Crippen LogP contribution is -2.40. The number of carbonyl (C=O) groups is 1. The molecule has 4 rings (SSSR count). The van der Waals surface area contributed by atoms with Crippen molar-refractivity contribution in [2.45, 2.75) is 58.0 Å². The van der Waals surface area contributed by atoms with Crippen molar-refractivity contribution in [1.82, 2.24) is 4.90 Å². The summed E-state index contributed by atoms with van der Waals surface area (Å²) in [4.78, 5) is 17.4. The highest BCUT2D eigenvalue weighted by Crippen LogP contribution is 2.27. The van der Waals surface area contributed by atoms with Gasteiger partial charge in [0, 0.05) is 30.8 Å². The third-order valence-electron chi connectivity index (χ3n) is 6.42. The molecule has 33 heavy (non-hydrogen) atoms. The van der Waals surface area contributed by atoms with Gasteiger partial charge in [0.15, 0.2) is 15.7 Å². The number of hydrogen-bond acceptors (Lipinski definition) is 6. The number of carbonyl (C=O) groups excluding carboxylic acids is 1. The van der Waals surface area contributed by atoms with E-state index in [4.69, 9.17) is 9.15 Å². The summed E-state index contributed by atoms with van der Waals surface area (Å²) >= 11 is 0. The molecule has 180 valence electrons. The van der Waals surface area contributed by atoms with Gasteiger partial charge in [-0.15, -0.1) is 0 Å². The van der Waals surface area contributed by atoms with Gasteiger partial charge in [-0.3, -0.25) is 4.79 Å². The highest BCUT2D eigenvalue weighted by Gasteiger charge is 2.35. The summed E-state index contributed by atoms with van der Waals surface area (Å²) in [5.41, 5.74) is 0.518. The van der Waals surface area contributed by atoms with Gasteiger partial charge in [0.1, 0.15) is 11.5 Å². The lowest BCUT2D eigenvalue weighted by molar-refractivity contribution is 0.0666. The van der Waals surface area contributed by atoms with Crippen LogP contribution in [-0.4, -0.2) is 56.5 Å². The summed E-state index contributed by atoms with van der Waals surface area (Å²) in [5, 5.41) is 0. The predicted molar refractivity (Wildman–Crippen MR) is 129 cm³/mol. The Bertz CT molecular complexity index is 1030. The number of ether oxygens (including phenoxy) is 1. The molecule has 0 radical (unpaired) electrons. The summed E-state index contributed by atoms with van der Waals surface area (Å²) in [5.74, 6) is 2.15. The average Bonchev–Trinajstić information content (AvgIpc) is 3.44. The summed E-state index contributed by atoms with van der Waals surface area (Å²) in [7, 11) is -3.13. The van der Waals surface area contributed by atoms with Crippen molar-refractivity contribution in [3.63, 3.8) is 0 Å². The molecule has 7 nitrogen and oxygen atoms in total. The molecule has 0 aliphatic carbocycles. The van der Waals surface area contributed by atoms with Gasteiger partial charge in [0.2, 0.25) is 0 Å². The Balaban J connectivity index is 1.50. The van der Waals surface area contributed by atoms with Gasteiger partial charge in [-0.1, -0.05) is 13.3 Å². The van der Waals surface area contributed by atoms with E-state index in [0.717, 1.165) is 50.4 Å². The molecule has 1 unspecified atom stereocenters. The standard InChI is InChI=1S/C25H34N2O5S/c1-2-3-16-31-22-9-7-20(8-10-22)25(28)27(21-13-17-33(29,30)19-21)18-23-11-12-24(32-23)26-14-5-4-6-15-26/h7-12,21H,2-6,13-19H2,1H3. The van der Waals surface area contributed by atoms with E-state index in [-0.39, 0.29) is 30.0 Å². The number of nitrogens with zero attached hydrogens (tertiary/aromatic N) is 2. The molecule has 2 saturated heterocycles. The van der Waals surface area contributed by atoms with E-state index < -0.39 is 9.84 Å². The molecule has 3 heterocycles. The Labute approximate surface area is 196 Å². The van der Waals surface area contributed by atoms with Crippen LogP contribution in [0.5, 0.6) is 5.75 Å². The Morgan fingerprint density at radius 1 is 1.12 bits per heavy atom. The van der Waals surface area contributed by atoms with Crippen LogP contribution in [0.4, 0.5) is 5.88 Å². The minimum absolute atomic E-state index is 0.00333. The summed E-state index contributed by atoms with van der Waals surface area (Å²) in [6, 6.07) is 10.6. The minimum atomic E-state index is -3.13. The third kappa shape index (κ3) is 6.10. The maximum atomic E-state index is 13.5. The number of furan rings is 1. The van der Waals surface area contributed by atoms with Crippen molar-refractivity contribution in [2.75, 3.05) is 36.1 Å². The molecular weight excluding hydrogens is 440 g/mol. The van der Waals surface area contributed by atoms with Crippen LogP contribution in [0.15, 0.2) is 40.8 Å². The van der Waals surface area contributed by atoms with Gasteiger partial charge in [-0.05, 0) is 62.4 Å². The fraction of sp³-hybridized carbons (Fsp3) is 0.560. The van der Waals surface area contributed by atoms with Crippen LogP contribution in [-0.2, 0) is 16.4 Å². The highest BCUT2D eigenvalue weighted by atomic mass is 32.2. The van der Waals surface area contributed by atoms with E-state index in [1.54, 1.807) is 29.2 Å². The predicted octanol–water partition coefficient (Wildman–Crippen LogP) is 4.28. The monoisotopic (exact) mass is 474 g/mol. The first kappa shape index (κ1) is 23.7. The van der Waals surface area contributed by atoms with Crippen molar-refractivity contribution in [1.29, 1.82) is 0 Å². The van der Waals surface area contributed by atoms with Crippen molar-refractivity contribution >= 4 is 21.6 Å². The number of anilines is 1. The van der Waals surface area contributed by atoms with E-state index >= 15 is 0 Å². The molecule has 0 N–H and O–H groups in total. The molecule has 0 spiro atoms. The Morgan fingerprint density at radius 2 is 1.88 bits per heavy atom. The lowest BCUT2D eigenvalue weighted by atomic mass is 10.1. The lowest BCUT2D eigenvalue weighted by Gasteiger charge is -2.28. The summed E-state index contributed by atoms with van der Waals surface area (Å²) < 4.78 is 36.1. The zero-order valence-corrected chi connectivity index (χ0v) is 20.2. The maximum absolute atomic E-state index is 13.5. The van der Waals surface area contributed by atoms with Crippen LogP contribution >= 0.6 is 0 Å². The second-order valence-electron chi connectivity index (χ2n) is 9.00. The number of piperidine rings is 1. The molecule has 8 heteroatoms. The minimum Gasteiger partial charge on any atom is -0.494 e. The van der Waals surface area contributed by atoms with Crippen LogP contribution in [0.3, 0.4) is 0 Å². The van der Waals surface area contributed by atoms with Crippen LogP contribution < -0.4 is 9.64 Å². The SMILES string of the molecule is CCCCOc1ccc(C(=O)N(Cc2ccc(N3CCCCC3)o2)C2CCS(=O)(=O)C2)cc1. The molecule has 2 aliphatic rings. The van der Waals surface area contributed by atoms with E-state index in [9.17, 15) is 13.2 Å². The Morgan fingerprint density at radius 3 is 2.55 bits per heavy atom. The van der Waals surface area contributed by atoms with Crippen LogP contribution in [0, 0.1) is 0 Å². The van der Waals surface area contributed by atoms with E-state index in [1.807, 2.05) is 12.1 Å². The molecule has 1 aromatic carbocycles. The van der Waals surface area contributed by atoms with Crippen molar-refractivity contribution in [3.05, 3.63) is 47.7 Å². The Kier molecular flexibility index (Phi) is 7.63. The number of hydrogen-bond donors (Lipinski definition) is 0. The zero-order valence-electron chi connectivity index (χ0n) is 19.4. The second-order valence-corrected chi connectivity index (χ2v) is 11.2. The molecule has 2 aromatic rings. The molecule has 2 aliphatic heterocycles. The van der Waals surface area contributed by atoms with Crippen molar-refractivity contribution in [3.8, 4) is 5.75 Å². The van der Waals surface area contributed by atoms with Crippen molar-refractivity contribution in [2.24, 2.45) is 0 Å². The van der Waals surface area contributed by atoms with Crippen LogP contribution in [0.25, 0.3) is 0 Å². The van der Waals surface area contributed by atoms with E-state index in [1.165, 1.54) is 6.42 Å². The first-order chi connectivity index (χ1) is 15.9. The van der Waals surface area contributed by atoms with Gasteiger partial charge < -0.3 is 19.0 Å². The molecular formula is C25H34N2O5S. The smallest absolute Gasteiger partial charge is 0.254 e. The quantitative estimate of drug-likeness (QED) is 0.505. The largest absolute Gasteiger partial charge is 0.494 e. The first-order valence-electron chi connectivity index (χ1n) is 12.0. The molecule has 2 fully saturated rings. The van der Waals surface area contributed by atoms with E-state index in [2.05, 4.69) is 11.8 Å². The van der Waals surface area contributed by atoms with Crippen LogP contribution in [0.2, 0.25) is 0 Å². The normalized spacial score (nSPS) is 20.0. The van der Waals surface area contributed by atoms with Gasteiger partial charge in [-0.25, -0.2) is 8.42 Å². The zero-order chi connectivity index (χ0) is 23.3. The first-order valence-corrected chi connectivity index (χ1v) is 13.9. The molecule has 1 aromatic heterocycles. The molecule has 1 amide bonds. The third-order valence-corrected chi connectivity index (χ3v) is 8.17. The topological polar surface area (TPSA) is 80.1 Å². The van der Waals surface area contributed by atoms with E-state index in [0.29, 0.717) is 24.4 Å². The second kappa shape index (κ2) is 10.6. The Hall–Kier alpha value is -2.48.